The van der Waals surface area contributed by atoms with Gasteiger partial charge in [-0.2, -0.15) is 0 Å². The largest absolute Gasteiger partial charge is 0.369 e. The van der Waals surface area contributed by atoms with E-state index in [1.807, 2.05) is 12.3 Å². The van der Waals surface area contributed by atoms with Crippen molar-refractivity contribution >= 4 is 32.5 Å². The molecule has 1 aromatic heterocycles. The highest BCUT2D eigenvalue weighted by atomic mass is 79.9. The summed E-state index contributed by atoms with van der Waals surface area (Å²) in [6, 6.07) is 17.0. The monoisotopic (exact) mass is 338 g/mol. The van der Waals surface area contributed by atoms with Crippen LogP contribution in [0.5, 0.6) is 0 Å². The molecule has 0 amide bonds. The van der Waals surface area contributed by atoms with Crippen molar-refractivity contribution in [1.29, 1.82) is 0 Å². The van der Waals surface area contributed by atoms with Crippen molar-refractivity contribution in [3.05, 3.63) is 70.3 Å². The molecule has 0 radical (unpaired) electrons. The van der Waals surface area contributed by atoms with Gasteiger partial charge in [0.25, 0.3) is 0 Å². The van der Waals surface area contributed by atoms with E-state index in [4.69, 9.17) is 0 Å². The lowest BCUT2D eigenvalue weighted by Gasteiger charge is -2.30. The van der Waals surface area contributed by atoms with Crippen LogP contribution >= 0.6 is 15.9 Å². The molecule has 3 aromatic rings. The summed E-state index contributed by atoms with van der Waals surface area (Å²) in [5.41, 5.74) is 2.96. The van der Waals surface area contributed by atoms with E-state index in [0.29, 0.717) is 5.92 Å². The van der Waals surface area contributed by atoms with Crippen molar-refractivity contribution in [3.8, 4) is 0 Å². The van der Waals surface area contributed by atoms with Crippen LogP contribution in [0, 0.1) is 0 Å². The molecule has 0 spiro atoms. The Labute approximate surface area is 132 Å². The predicted molar refractivity (Wildman–Crippen MR) is 90.8 cm³/mol. The van der Waals surface area contributed by atoms with Gasteiger partial charge in [0.05, 0.1) is 0 Å². The lowest BCUT2D eigenvalue weighted by atomic mass is 9.77. The Morgan fingerprint density at radius 2 is 2.05 bits per heavy atom. The van der Waals surface area contributed by atoms with Crippen LogP contribution in [-0.2, 0) is 6.42 Å². The van der Waals surface area contributed by atoms with Gasteiger partial charge in [0.2, 0.25) is 0 Å². The molecule has 0 fully saturated rings. The molecule has 1 atom stereocenters. The Balaban J connectivity index is 1.56. The van der Waals surface area contributed by atoms with E-state index in [2.05, 4.69) is 68.7 Å². The van der Waals surface area contributed by atoms with Gasteiger partial charge in [-0.05, 0) is 47.2 Å². The lowest BCUT2D eigenvalue weighted by molar-refractivity contribution is 0.635. The van der Waals surface area contributed by atoms with Gasteiger partial charge in [-0.3, -0.25) is 0 Å². The number of nitrogens with zero attached hydrogens (tertiary/aromatic N) is 1. The molecule has 1 aliphatic carbocycles. The first-order valence-electron chi connectivity index (χ1n) is 7.17. The second-order valence-corrected chi connectivity index (χ2v) is 6.42. The fraction of sp³-hybridized carbons (Fsp3) is 0.167. The summed E-state index contributed by atoms with van der Waals surface area (Å²) in [4.78, 5) is 4.50. The third-order valence-corrected chi connectivity index (χ3v) is 4.70. The Kier molecular flexibility index (Phi) is 3.15. The first-order chi connectivity index (χ1) is 10.3. The summed E-state index contributed by atoms with van der Waals surface area (Å²) < 4.78 is 1.10. The van der Waals surface area contributed by atoms with E-state index in [9.17, 15) is 0 Å². The minimum atomic E-state index is 0.605. The maximum absolute atomic E-state index is 4.50. The molecule has 0 bridgehead atoms. The fourth-order valence-electron chi connectivity index (χ4n) is 3.05. The molecule has 21 heavy (non-hydrogen) atoms. The second-order valence-electron chi connectivity index (χ2n) is 5.51. The predicted octanol–water partition coefficient (Wildman–Crippen LogP) is 4.75. The van der Waals surface area contributed by atoms with E-state index >= 15 is 0 Å². The molecular weight excluding hydrogens is 324 g/mol. The normalized spacial score (nSPS) is 16.3. The molecule has 1 aliphatic rings. The Bertz CT molecular complexity index is 813. The van der Waals surface area contributed by atoms with E-state index in [-0.39, 0.29) is 0 Å². The van der Waals surface area contributed by atoms with Gasteiger partial charge in [0.15, 0.2) is 0 Å². The van der Waals surface area contributed by atoms with Gasteiger partial charge in [0, 0.05) is 28.5 Å². The number of anilines is 1. The maximum Gasteiger partial charge on any atom is 0.133 e. The molecule has 0 saturated carbocycles. The lowest BCUT2D eigenvalue weighted by Crippen LogP contribution is -2.24. The van der Waals surface area contributed by atoms with Crippen LogP contribution in [0.25, 0.3) is 10.8 Å². The summed E-state index contributed by atoms with van der Waals surface area (Å²) in [6.45, 7) is 0.944. The Hall–Kier alpha value is -1.87. The molecule has 0 saturated heterocycles. The molecule has 1 N–H and O–H groups in total. The van der Waals surface area contributed by atoms with Crippen molar-refractivity contribution < 1.29 is 0 Å². The zero-order chi connectivity index (χ0) is 14.2. The number of rotatable bonds is 3. The molecule has 0 aliphatic heterocycles. The molecule has 2 nitrogen and oxygen atoms in total. The number of aromatic nitrogens is 1. The van der Waals surface area contributed by atoms with Gasteiger partial charge < -0.3 is 5.32 Å². The topological polar surface area (TPSA) is 24.9 Å². The molecule has 1 heterocycles. The molecule has 1 unspecified atom stereocenters. The Morgan fingerprint density at radius 1 is 1.14 bits per heavy atom. The average Bonchev–Trinajstić information content (AvgIpc) is 2.48. The smallest absolute Gasteiger partial charge is 0.133 e. The van der Waals surface area contributed by atoms with Crippen LogP contribution in [0.15, 0.2) is 59.2 Å². The van der Waals surface area contributed by atoms with Crippen molar-refractivity contribution in [1.82, 2.24) is 4.98 Å². The van der Waals surface area contributed by atoms with Crippen LogP contribution in [-0.4, -0.2) is 11.5 Å². The minimum Gasteiger partial charge on any atom is -0.369 e. The van der Waals surface area contributed by atoms with E-state index in [0.717, 1.165) is 16.8 Å². The van der Waals surface area contributed by atoms with Crippen LogP contribution in [0.4, 0.5) is 5.82 Å². The van der Waals surface area contributed by atoms with Gasteiger partial charge in [-0.15, -0.1) is 0 Å². The van der Waals surface area contributed by atoms with E-state index < -0.39 is 0 Å². The third-order valence-electron chi connectivity index (χ3n) is 4.20. The first kappa shape index (κ1) is 12.8. The number of benzene rings is 2. The number of hydrogen-bond donors (Lipinski definition) is 1. The van der Waals surface area contributed by atoms with Gasteiger partial charge in [-0.25, -0.2) is 4.98 Å². The molecule has 2 aromatic carbocycles. The third kappa shape index (κ3) is 2.32. The minimum absolute atomic E-state index is 0.605. The van der Waals surface area contributed by atoms with Gasteiger partial charge in [0.1, 0.15) is 5.82 Å². The standard InChI is InChI=1S/C18H15BrN2/c19-15-5-6-17-13(10-15)7-8-20-18(17)21-11-14-9-12-3-1-2-4-16(12)14/h1-8,10,14H,9,11H2,(H,20,21). The fourth-order valence-corrected chi connectivity index (χ4v) is 3.43. The van der Waals surface area contributed by atoms with Gasteiger partial charge >= 0.3 is 0 Å². The van der Waals surface area contributed by atoms with Crippen molar-refractivity contribution in [2.75, 3.05) is 11.9 Å². The zero-order valence-electron chi connectivity index (χ0n) is 11.5. The SMILES string of the molecule is Brc1ccc2c(NCC3Cc4ccccc43)nccc2c1. The van der Waals surface area contributed by atoms with Crippen LogP contribution in [0.3, 0.4) is 0 Å². The van der Waals surface area contributed by atoms with Gasteiger partial charge in [-0.1, -0.05) is 40.2 Å². The molecule has 3 heteroatoms. The van der Waals surface area contributed by atoms with Crippen LogP contribution in [0.2, 0.25) is 0 Å². The number of fused-ring (bicyclic) bond motifs is 2. The number of pyridine rings is 1. The van der Waals surface area contributed by atoms with E-state index in [1.165, 1.54) is 28.3 Å². The Morgan fingerprint density at radius 3 is 2.95 bits per heavy atom. The summed E-state index contributed by atoms with van der Waals surface area (Å²) in [5, 5.41) is 5.90. The quantitative estimate of drug-likeness (QED) is 0.745. The van der Waals surface area contributed by atoms with Crippen molar-refractivity contribution in [2.24, 2.45) is 0 Å². The highest BCUT2D eigenvalue weighted by molar-refractivity contribution is 9.10. The van der Waals surface area contributed by atoms with Crippen molar-refractivity contribution in [2.45, 2.75) is 12.3 Å². The number of hydrogen-bond acceptors (Lipinski definition) is 2. The zero-order valence-corrected chi connectivity index (χ0v) is 13.1. The highest BCUT2D eigenvalue weighted by Crippen LogP contribution is 2.35. The van der Waals surface area contributed by atoms with E-state index in [1.54, 1.807) is 0 Å². The number of nitrogens with one attached hydrogen (secondary N) is 1. The van der Waals surface area contributed by atoms with Crippen LogP contribution < -0.4 is 5.32 Å². The average molecular weight is 339 g/mol. The summed E-state index contributed by atoms with van der Waals surface area (Å²) in [7, 11) is 0. The maximum atomic E-state index is 4.50. The summed E-state index contributed by atoms with van der Waals surface area (Å²) in [6.07, 6.45) is 3.03. The summed E-state index contributed by atoms with van der Waals surface area (Å²) in [5.74, 6) is 1.58. The molecule has 4 rings (SSSR count). The van der Waals surface area contributed by atoms with Crippen molar-refractivity contribution in [3.63, 3.8) is 0 Å². The van der Waals surface area contributed by atoms with Crippen LogP contribution in [0.1, 0.15) is 17.0 Å². The second kappa shape index (κ2) is 5.15. The molecular formula is C18H15BrN2. The summed E-state index contributed by atoms with van der Waals surface area (Å²) >= 11 is 3.52. The highest BCUT2D eigenvalue weighted by Gasteiger charge is 2.25. The first-order valence-corrected chi connectivity index (χ1v) is 7.96. The molecule has 104 valence electrons. The number of halogens is 1.